The van der Waals surface area contributed by atoms with Gasteiger partial charge in [-0.3, -0.25) is 0 Å². The van der Waals surface area contributed by atoms with Gasteiger partial charge >= 0.3 is 0 Å². The molecule has 4 heteroatoms. The first kappa shape index (κ1) is 44.6. The minimum atomic E-state index is 0.617. The lowest BCUT2D eigenvalue weighted by molar-refractivity contribution is 0.340. The SMILES string of the molecule is CCOc1ccc(-c2cc3c4ccc(-c5ccc6c(-c7ccc(OCC)cc7)cc7c8ccccc8c(-c8ccc(OCC)cc8)cc7c6c5)cc4c(-c4ccc(OCC)cc4)cc3c3ccccc23)cc1. The number of fused-ring (bicyclic) bond motifs is 10. The van der Waals surface area contributed by atoms with Crippen molar-refractivity contribution in [3.63, 3.8) is 0 Å². The molecule has 12 rings (SSSR count). The standard InChI is InChI=1S/C68H54O4/c1-5-69-49-27-17-43(18-28-49)59-39-67-58-36-26-47(37-63(58)62(46-23-33-52(34-24-46)72-8-4)42-65(67)55-15-11-9-13-53(55)59)48-25-35-57-61(45-21-31-51(32-22-45)71-7-3)40-66-56-16-12-10-14-54(56)60(41-68(66)64(57)38-48)44-19-29-50(30-20-44)70-6-2/h9-42H,5-8H2,1-4H3. The Labute approximate surface area is 420 Å². The van der Waals surface area contributed by atoms with Crippen LogP contribution < -0.4 is 18.9 Å². The summed E-state index contributed by atoms with van der Waals surface area (Å²) in [6.07, 6.45) is 0. The lowest BCUT2D eigenvalue weighted by Gasteiger charge is -2.18. The summed E-state index contributed by atoms with van der Waals surface area (Å²) in [6.45, 7) is 10.6. The Kier molecular flexibility index (Phi) is 11.7. The van der Waals surface area contributed by atoms with Gasteiger partial charge in [-0.15, -0.1) is 0 Å². The Morgan fingerprint density at radius 3 is 0.792 bits per heavy atom. The van der Waals surface area contributed by atoms with Crippen molar-refractivity contribution in [2.75, 3.05) is 26.4 Å². The maximum absolute atomic E-state index is 5.93. The van der Waals surface area contributed by atoms with E-state index in [4.69, 9.17) is 18.9 Å². The van der Waals surface area contributed by atoms with E-state index >= 15 is 0 Å². The van der Waals surface area contributed by atoms with Gasteiger partial charge in [0.2, 0.25) is 0 Å². The van der Waals surface area contributed by atoms with Crippen LogP contribution in [0.2, 0.25) is 0 Å². The minimum absolute atomic E-state index is 0.617. The molecule has 0 heterocycles. The maximum atomic E-state index is 5.93. The highest BCUT2D eigenvalue weighted by Gasteiger charge is 2.19. The molecule has 0 aliphatic rings. The van der Waals surface area contributed by atoms with Gasteiger partial charge in [-0.1, -0.05) is 121 Å². The van der Waals surface area contributed by atoms with E-state index in [9.17, 15) is 0 Å². The van der Waals surface area contributed by atoms with Crippen molar-refractivity contribution in [3.05, 3.63) is 206 Å². The molecule has 0 saturated carbocycles. The molecule has 72 heavy (non-hydrogen) atoms. The zero-order valence-electron chi connectivity index (χ0n) is 41.1. The van der Waals surface area contributed by atoms with Crippen LogP contribution in [0.4, 0.5) is 0 Å². The molecular formula is C68H54O4. The van der Waals surface area contributed by atoms with Gasteiger partial charge in [-0.05, 0) is 233 Å². The monoisotopic (exact) mass is 934 g/mol. The molecule has 350 valence electrons. The smallest absolute Gasteiger partial charge is 0.119 e. The molecule has 0 aliphatic carbocycles. The van der Waals surface area contributed by atoms with Gasteiger partial charge in [-0.2, -0.15) is 0 Å². The van der Waals surface area contributed by atoms with E-state index in [1.54, 1.807) is 0 Å². The number of hydrogen-bond donors (Lipinski definition) is 0. The van der Waals surface area contributed by atoms with Crippen molar-refractivity contribution in [2.45, 2.75) is 27.7 Å². The number of benzene rings is 12. The van der Waals surface area contributed by atoms with Crippen LogP contribution in [0.15, 0.2) is 206 Å². The highest BCUT2D eigenvalue weighted by Crippen LogP contribution is 2.46. The molecule has 0 amide bonds. The molecule has 0 unspecified atom stereocenters. The molecule has 0 saturated heterocycles. The van der Waals surface area contributed by atoms with Gasteiger partial charge in [-0.25, -0.2) is 0 Å². The Hall–Kier alpha value is -8.60. The molecule has 4 nitrogen and oxygen atoms in total. The summed E-state index contributed by atoms with van der Waals surface area (Å²) >= 11 is 0. The van der Waals surface area contributed by atoms with Gasteiger partial charge in [0.15, 0.2) is 0 Å². The normalized spacial score (nSPS) is 11.6. The first-order chi connectivity index (χ1) is 35.5. The summed E-state index contributed by atoms with van der Waals surface area (Å²) in [4.78, 5) is 0. The van der Waals surface area contributed by atoms with Crippen molar-refractivity contribution in [3.8, 4) is 78.6 Å². The fraction of sp³-hybridized carbons (Fsp3) is 0.118. The summed E-state index contributed by atoms with van der Waals surface area (Å²) in [6, 6.07) is 75.6. The van der Waals surface area contributed by atoms with Gasteiger partial charge < -0.3 is 18.9 Å². The topological polar surface area (TPSA) is 36.9 Å². The Balaban J connectivity index is 1.11. The molecule has 12 aromatic rings. The molecule has 0 atom stereocenters. The first-order valence-electron chi connectivity index (χ1n) is 25.3. The zero-order chi connectivity index (χ0) is 48.7. The third-order valence-electron chi connectivity index (χ3n) is 14.2. The second-order valence-electron chi connectivity index (χ2n) is 18.3. The minimum Gasteiger partial charge on any atom is -0.494 e. The molecule has 0 aliphatic heterocycles. The van der Waals surface area contributed by atoms with Crippen LogP contribution in [-0.2, 0) is 0 Å². The van der Waals surface area contributed by atoms with Crippen molar-refractivity contribution in [1.82, 2.24) is 0 Å². The molecule has 0 radical (unpaired) electrons. The highest BCUT2D eigenvalue weighted by molar-refractivity contribution is 6.26. The third-order valence-corrected chi connectivity index (χ3v) is 14.2. The molecular weight excluding hydrogens is 881 g/mol. The van der Waals surface area contributed by atoms with Gasteiger partial charge in [0.25, 0.3) is 0 Å². The summed E-state index contributed by atoms with van der Waals surface area (Å²) in [5, 5.41) is 14.5. The van der Waals surface area contributed by atoms with Crippen molar-refractivity contribution in [1.29, 1.82) is 0 Å². The van der Waals surface area contributed by atoms with Crippen LogP contribution in [0.25, 0.3) is 120 Å². The first-order valence-corrected chi connectivity index (χ1v) is 25.3. The molecule has 0 fully saturated rings. The van der Waals surface area contributed by atoms with E-state index < -0.39 is 0 Å². The maximum Gasteiger partial charge on any atom is 0.119 e. The second kappa shape index (κ2) is 19.0. The Bertz CT molecular complexity index is 3990. The molecule has 12 aromatic carbocycles. The van der Waals surface area contributed by atoms with Crippen LogP contribution in [-0.4, -0.2) is 26.4 Å². The van der Waals surface area contributed by atoms with Crippen LogP contribution in [0.3, 0.4) is 0 Å². The Morgan fingerprint density at radius 1 is 0.208 bits per heavy atom. The van der Waals surface area contributed by atoms with Crippen molar-refractivity contribution in [2.24, 2.45) is 0 Å². The largest absolute Gasteiger partial charge is 0.494 e. The average Bonchev–Trinajstić information content (AvgIpc) is 3.43. The Morgan fingerprint density at radius 2 is 0.444 bits per heavy atom. The summed E-state index contributed by atoms with van der Waals surface area (Å²) in [5.41, 5.74) is 11.6. The predicted molar refractivity (Wildman–Crippen MR) is 303 cm³/mol. The fourth-order valence-electron chi connectivity index (χ4n) is 10.9. The van der Waals surface area contributed by atoms with Crippen LogP contribution >= 0.6 is 0 Å². The van der Waals surface area contributed by atoms with Gasteiger partial charge in [0.05, 0.1) is 26.4 Å². The summed E-state index contributed by atoms with van der Waals surface area (Å²) in [5.74, 6) is 3.48. The number of rotatable bonds is 13. The summed E-state index contributed by atoms with van der Waals surface area (Å²) in [7, 11) is 0. The molecule has 0 aromatic heterocycles. The molecule has 0 bridgehead atoms. The van der Waals surface area contributed by atoms with E-state index in [0.29, 0.717) is 26.4 Å². The third kappa shape index (κ3) is 7.99. The van der Waals surface area contributed by atoms with Crippen LogP contribution in [0.1, 0.15) is 27.7 Å². The summed E-state index contributed by atoms with van der Waals surface area (Å²) < 4.78 is 23.6. The van der Waals surface area contributed by atoms with Gasteiger partial charge in [0.1, 0.15) is 23.0 Å². The number of hydrogen-bond acceptors (Lipinski definition) is 4. The predicted octanol–water partition coefficient (Wildman–Crippen LogP) is 18.5. The van der Waals surface area contributed by atoms with E-state index in [1.807, 2.05) is 27.7 Å². The molecule has 0 spiro atoms. The second-order valence-corrected chi connectivity index (χ2v) is 18.3. The zero-order valence-corrected chi connectivity index (χ0v) is 41.1. The van der Waals surface area contributed by atoms with E-state index in [0.717, 1.165) is 56.4 Å². The average molecular weight is 935 g/mol. The quantitative estimate of drug-likeness (QED) is 0.108. The van der Waals surface area contributed by atoms with Crippen molar-refractivity contribution >= 4 is 64.6 Å². The van der Waals surface area contributed by atoms with E-state index in [1.165, 1.54) is 86.9 Å². The number of ether oxygens (including phenoxy) is 4. The molecule has 0 N–H and O–H groups in total. The van der Waals surface area contributed by atoms with Crippen LogP contribution in [0.5, 0.6) is 23.0 Å². The highest BCUT2D eigenvalue weighted by atomic mass is 16.5. The van der Waals surface area contributed by atoms with E-state index in [-0.39, 0.29) is 0 Å². The fourth-order valence-corrected chi connectivity index (χ4v) is 10.9. The lowest BCUT2D eigenvalue weighted by atomic mass is 9.85. The van der Waals surface area contributed by atoms with E-state index in [2.05, 4.69) is 206 Å². The van der Waals surface area contributed by atoms with Crippen molar-refractivity contribution < 1.29 is 18.9 Å². The van der Waals surface area contributed by atoms with Crippen LogP contribution in [0, 0.1) is 0 Å². The van der Waals surface area contributed by atoms with Gasteiger partial charge in [0, 0.05) is 0 Å². The lowest BCUT2D eigenvalue weighted by Crippen LogP contribution is -1.93.